The lowest BCUT2D eigenvalue weighted by molar-refractivity contribution is 0.264. The molecule has 0 atom stereocenters. The van der Waals surface area contributed by atoms with Gasteiger partial charge in [-0.25, -0.2) is 0 Å². The monoisotopic (exact) mass is 342 g/mol. The number of ether oxygens (including phenoxy) is 4. The van der Waals surface area contributed by atoms with Crippen molar-refractivity contribution in [3.63, 3.8) is 0 Å². The highest BCUT2D eigenvalue weighted by atomic mass is 16.5. The average Bonchev–Trinajstić information content (AvgIpc) is 3.15. The standard InChI is InChI=1S/C18H18N2O5/c1-21-13-5-7-14(8-6-13)24-11-17-19-20-18(25-17)12-4-9-15(22-2)16(10-12)23-3/h4-10H,11H2,1-3H3. The van der Waals surface area contributed by atoms with E-state index in [1.807, 2.05) is 30.3 Å². The van der Waals surface area contributed by atoms with Gasteiger partial charge in [0.2, 0.25) is 5.89 Å². The largest absolute Gasteiger partial charge is 0.497 e. The third-order valence-corrected chi connectivity index (χ3v) is 3.52. The van der Waals surface area contributed by atoms with E-state index in [1.54, 1.807) is 33.5 Å². The van der Waals surface area contributed by atoms with E-state index in [1.165, 1.54) is 0 Å². The van der Waals surface area contributed by atoms with Gasteiger partial charge >= 0.3 is 0 Å². The Hall–Kier alpha value is -3.22. The van der Waals surface area contributed by atoms with Crippen molar-refractivity contribution in [2.45, 2.75) is 6.61 Å². The van der Waals surface area contributed by atoms with Gasteiger partial charge in [-0.1, -0.05) is 0 Å². The fraction of sp³-hybridized carbons (Fsp3) is 0.222. The van der Waals surface area contributed by atoms with E-state index in [0.717, 1.165) is 11.3 Å². The number of hydrogen-bond acceptors (Lipinski definition) is 7. The van der Waals surface area contributed by atoms with Crippen molar-refractivity contribution >= 4 is 0 Å². The number of methoxy groups -OCH3 is 3. The van der Waals surface area contributed by atoms with Crippen molar-refractivity contribution in [2.75, 3.05) is 21.3 Å². The highest BCUT2D eigenvalue weighted by Gasteiger charge is 2.12. The van der Waals surface area contributed by atoms with Crippen molar-refractivity contribution in [1.29, 1.82) is 0 Å². The number of benzene rings is 2. The van der Waals surface area contributed by atoms with Crippen LogP contribution in [-0.2, 0) is 6.61 Å². The first-order valence-corrected chi connectivity index (χ1v) is 7.55. The van der Waals surface area contributed by atoms with E-state index in [9.17, 15) is 0 Å². The van der Waals surface area contributed by atoms with Crippen LogP contribution in [0.4, 0.5) is 0 Å². The van der Waals surface area contributed by atoms with E-state index >= 15 is 0 Å². The Morgan fingerprint density at radius 3 is 2.20 bits per heavy atom. The molecule has 0 saturated heterocycles. The van der Waals surface area contributed by atoms with Gasteiger partial charge in [0.05, 0.1) is 21.3 Å². The van der Waals surface area contributed by atoms with E-state index in [-0.39, 0.29) is 6.61 Å². The predicted molar refractivity (Wildman–Crippen MR) is 90.2 cm³/mol. The third-order valence-electron chi connectivity index (χ3n) is 3.52. The molecule has 7 nitrogen and oxygen atoms in total. The normalized spacial score (nSPS) is 10.4. The lowest BCUT2D eigenvalue weighted by atomic mass is 10.2. The molecule has 130 valence electrons. The Kier molecular flexibility index (Phi) is 5.03. The fourth-order valence-corrected chi connectivity index (χ4v) is 2.21. The van der Waals surface area contributed by atoms with Crippen molar-refractivity contribution in [2.24, 2.45) is 0 Å². The Bertz CT molecular complexity index is 830. The fourth-order valence-electron chi connectivity index (χ4n) is 2.21. The van der Waals surface area contributed by atoms with Crippen LogP contribution in [0.15, 0.2) is 46.9 Å². The summed E-state index contributed by atoms with van der Waals surface area (Å²) < 4.78 is 26.9. The molecular weight excluding hydrogens is 324 g/mol. The molecule has 0 bridgehead atoms. The molecule has 25 heavy (non-hydrogen) atoms. The average molecular weight is 342 g/mol. The summed E-state index contributed by atoms with van der Waals surface area (Å²) in [6.07, 6.45) is 0. The summed E-state index contributed by atoms with van der Waals surface area (Å²) in [7, 11) is 4.77. The van der Waals surface area contributed by atoms with E-state index in [4.69, 9.17) is 23.4 Å². The highest BCUT2D eigenvalue weighted by Crippen LogP contribution is 2.31. The van der Waals surface area contributed by atoms with Gasteiger partial charge in [-0.3, -0.25) is 0 Å². The van der Waals surface area contributed by atoms with Crippen LogP contribution >= 0.6 is 0 Å². The van der Waals surface area contributed by atoms with Crippen LogP contribution < -0.4 is 18.9 Å². The second kappa shape index (κ2) is 7.57. The summed E-state index contributed by atoms with van der Waals surface area (Å²) in [4.78, 5) is 0. The van der Waals surface area contributed by atoms with Crippen molar-refractivity contribution in [3.8, 4) is 34.5 Å². The lowest BCUT2D eigenvalue weighted by Gasteiger charge is -2.07. The third kappa shape index (κ3) is 3.82. The maximum Gasteiger partial charge on any atom is 0.254 e. The van der Waals surface area contributed by atoms with Crippen LogP contribution in [0, 0.1) is 0 Å². The topological polar surface area (TPSA) is 75.8 Å². The molecule has 2 aromatic carbocycles. The molecule has 1 heterocycles. The van der Waals surface area contributed by atoms with Gasteiger partial charge < -0.3 is 23.4 Å². The maximum absolute atomic E-state index is 5.64. The van der Waals surface area contributed by atoms with Crippen LogP contribution in [0.3, 0.4) is 0 Å². The van der Waals surface area contributed by atoms with Crippen molar-refractivity contribution in [3.05, 3.63) is 48.4 Å². The zero-order valence-electron chi connectivity index (χ0n) is 14.2. The molecule has 1 aromatic heterocycles. The second-order valence-electron chi connectivity index (χ2n) is 5.03. The molecule has 3 rings (SSSR count). The molecule has 0 fully saturated rings. The number of rotatable bonds is 7. The zero-order chi connectivity index (χ0) is 17.6. The highest BCUT2D eigenvalue weighted by molar-refractivity contribution is 5.59. The molecule has 3 aromatic rings. The molecule has 0 amide bonds. The predicted octanol–water partition coefficient (Wildman–Crippen LogP) is 3.34. The minimum absolute atomic E-state index is 0.173. The smallest absolute Gasteiger partial charge is 0.254 e. The molecule has 0 N–H and O–H groups in total. The minimum atomic E-state index is 0.173. The van der Waals surface area contributed by atoms with Gasteiger partial charge in [0, 0.05) is 5.56 Å². The van der Waals surface area contributed by atoms with Crippen LogP contribution in [0.5, 0.6) is 23.0 Å². The van der Waals surface area contributed by atoms with Crippen LogP contribution in [0.2, 0.25) is 0 Å². The second-order valence-corrected chi connectivity index (χ2v) is 5.03. The lowest BCUT2D eigenvalue weighted by Crippen LogP contribution is -1.95. The van der Waals surface area contributed by atoms with Gasteiger partial charge in [0.15, 0.2) is 18.1 Å². The molecule has 0 aliphatic carbocycles. The van der Waals surface area contributed by atoms with Gasteiger partial charge in [0.25, 0.3) is 5.89 Å². The molecule has 0 spiro atoms. The number of nitrogens with zero attached hydrogens (tertiary/aromatic N) is 2. The maximum atomic E-state index is 5.64. The quantitative estimate of drug-likeness (QED) is 0.652. The van der Waals surface area contributed by atoms with Gasteiger partial charge in [-0.2, -0.15) is 0 Å². The SMILES string of the molecule is COc1ccc(OCc2nnc(-c3ccc(OC)c(OC)c3)o2)cc1. The van der Waals surface area contributed by atoms with Crippen molar-refractivity contribution < 1.29 is 23.4 Å². The van der Waals surface area contributed by atoms with Crippen LogP contribution in [0.1, 0.15) is 5.89 Å². The number of hydrogen-bond donors (Lipinski definition) is 0. The Morgan fingerprint density at radius 2 is 1.52 bits per heavy atom. The molecule has 0 aliphatic heterocycles. The molecule has 0 radical (unpaired) electrons. The summed E-state index contributed by atoms with van der Waals surface area (Å²) in [5.74, 6) is 3.44. The molecule has 0 saturated carbocycles. The Balaban J connectivity index is 1.69. The minimum Gasteiger partial charge on any atom is -0.497 e. The van der Waals surface area contributed by atoms with E-state index in [0.29, 0.717) is 29.0 Å². The first-order valence-electron chi connectivity index (χ1n) is 7.55. The first-order chi connectivity index (χ1) is 12.2. The van der Waals surface area contributed by atoms with Gasteiger partial charge in [-0.15, -0.1) is 10.2 Å². The summed E-state index contributed by atoms with van der Waals surface area (Å²) in [6, 6.07) is 12.6. The van der Waals surface area contributed by atoms with Crippen molar-refractivity contribution in [1.82, 2.24) is 10.2 Å². The molecule has 0 unspecified atom stereocenters. The Morgan fingerprint density at radius 1 is 0.800 bits per heavy atom. The Labute approximate surface area is 145 Å². The van der Waals surface area contributed by atoms with Crippen LogP contribution in [0.25, 0.3) is 11.5 Å². The van der Waals surface area contributed by atoms with Gasteiger partial charge in [0.1, 0.15) is 11.5 Å². The summed E-state index contributed by atoms with van der Waals surface area (Å²) in [5.41, 5.74) is 0.737. The van der Waals surface area contributed by atoms with Crippen LogP contribution in [-0.4, -0.2) is 31.5 Å². The molecular formula is C18H18N2O5. The molecule has 7 heteroatoms. The van der Waals surface area contributed by atoms with E-state index in [2.05, 4.69) is 10.2 Å². The summed E-state index contributed by atoms with van der Waals surface area (Å²) >= 11 is 0. The van der Waals surface area contributed by atoms with E-state index < -0.39 is 0 Å². The first kappa shape index (κ1) is 16.6. The number of aromatic nitrogens is 2. The summed E-state index contributed by atoms with van der Waals surface area (Å²) in [5, 5.41) is 8.04. The van der Waals surface area contributed by atoms with Gasteiger partial charge in [-0.05, 0) is 42.5 Å². The molecule has 0 aliphatic rings. The summed E-state index contributed by atoms with van der Waals surface area (Å²) in [6.45, 7) is 0.173. The zero-order valence-corrected chi connectivity index (χ0v) is 14.2.